The molecule has 1 fully saturated rings. The second-order valence-electron chi connectivity index (χ2n) is 5.40. The minimum absolute atomic E-state index is 0.0240. The first kappa shape index (κ1) is 14.5. The summed E-state index contributed by atoms with van der Waals surface area (Å²) in [6, 6.07) is 4.40. The smallest absolute Gasteiger partial charge is 0.272 e. The van der Waals surface area contributed by atoms with Crippen LogP contribution in [0.1, 0.15) is 41.6 Å². The standard InChI is InChI=1S/C14H19N3O3/c1-10-8-11(4-5-12(10)17(19)20)13(18)16-14(9-15)6-2-3-7-14/h4-5,8H,2-3,6-7,9,15H2,1H3,(H,16,18). The monoisotopic (exact) mass is 277 g/mol. The Morgan fingerprint density at radius 2 is 2.10 bits per heavy atom. The van der Waals surface area contributed by atoms with Gasteiger partial charge in [0.1, 0.15) is 0 Å². The molecule has 0 unspecified atom stereocenters. The summed E-state index contributed by atoms with van der Waals surface area (Å²) in [6.45, 7) is 2.05. The van der Waals surface area contributed by atoms with Crippen molar-refractivity contribution in [3.8, 4) is 0 Å². The molecular formula is C14H19N3O3. The van der Waals surface area contributed by atoms with Gasteiger partial charge in [-0.2, -0.15) is 0 Å². The lowest BCUT2D eigenvalue weighted by Crippen LogP contribution is -2.51. The summed E-state index contributed by atoms with van der Waals surface area (Å²) < 4.78 is 0. The average molecular weight is 277 g/mol. The van der Waals surface area contributed by atoms with Gasteiger partial charge in [-0.15, -0.1) is 0 Å². The molecule has 0 heterocycles. The van der Waals surface area contributed by atoms with Gasteiger partial charge in [-0.05, 0) is 31.9 Å². The number of hydrogen-bond acceptors (Lipinski definition) is 4. The van der Waals surface area contributed by atoms with E-state index < -0.39 is 4.92 Å². The van der Waals surface area contributed by atoms with Crippen LogP contribution < -0.4 is 11.1 Å². The van der Waals surface area contributed by atoms with Crippen LogP contribution in [0.4, 0.5) is 5.69 Å². The highest BCUT2D eigenvalue weighted by Gasteiger charge is 2.34. The van der Waals surface area contributed by atoms with E-state index in [1.54, 1.807) is 13.0 Å². The van der Waals surface area contributed by atoms with Crippen LogP contribution >= 0.6 is 0 Å². The van der Waals surface area contributed by atoms with E-state index in [0.717, 1.165) is 25.7 Å². The lowest BCUT2D eigenvalue weighted by atomic mass is 9.97. The van der Waals surface area contributed by atoms with Gasteiger partial charge in [0.2, 0.25) is 0 Å². The molecule has 0 bridgehead atoms. The first-order valence-corrected chi connectivity index (χ1v) is 6.75. The van der Waals surface area contributed by atoms with E-state index in [9.17, 15) is 14.9 Å². The van der Waals surface area contributed by atoms with E-state index >= 15 is 0 Å². The third-order valence-electron chi connectivity index (χ3n) is 3.99. The highest BCUT2D eigenvalue weighted by atomic mass is 16.6. The number of nitro benzene ring substituents is 1. The van der Waals surface area contributed by atoms with Crippen LogP contribution in [0.3, 0.4) is 0 Å². The molecule has 1 aliphatic rings. The minimum atomic E-state index is -0.449. The summed E-state index contributed by atoms with van der Waals surface area (Å²) in [5.41, 5.74) is 6.42. The zero-order valence-corrected chi connectivity index (χ0v) is 11.5. The van der Waals surface area contributed by atoms with E-state index in [0.29, 0.717) is 17.7 Å². The maximum atomic E-state index is 12.3. The zero-order valence-electron chi connectivity index (χ0n) is 11.5. The number of rotatable bonds is 4. The minimum Gasteiger partial charge on any atom is -0.345 e. The molecule has 1 amide bonds. The van der Waals surface area contributed by atoms with Crippen molar-refractivity contribution in [2.24, 2.45) is 5.73 Å². The number of aryl methyl sites for hydroxylation is 1. The summed E-state index contributed by atoms with van der Waals surface area (Å²) >= 11 is 0. The number of nitrogens with two attached hydrogens (primary N) is 1. The summed E-state index contributed by atoms with van der Waals surface area (Å²) in [5, 5.41) is 13.8. The Balaban J connectivity index is 2.17. The highest BCUT2D eigenvalue weighted by Crippen LogP contribution is 2.29. The topological polar surface area (TPSA) is 98.3 Å². The third kappa shape index (κ3) is 2.80. The number of nitro groups is 1. The highest BCUT2D eigenvalue weighted by molar-refractivity contribution is 5.95. The van der Waals surface area contributed by atoms with Gasteiger partial charge in [-0.25, -0.2) is 0 Å². The number of carbonyl (C=O) groups is 1. The molecule has 0 atom stereocenters. The molecule has 108 valence electrons. The van der Waals surface area contributed by atoms with Crippen LogP contribution in [0.5, 0.6) is 0 Å². The van der Waals surface area contributed by atoms with Crippen molar-refractivity contribution in [2.45, 2.75) is 38.1 Å². The van der Waals surface area contributed by atoms with Gasteiger partial charge in [0, 0.05) is 23.7 Å². The Hall–Kier alpha value is -1.95. The third-order valence-corrected chi connectivity index (χ3v) is 3.99. The van der Waals surface area contributed by atoms with Gasteiger partial charge in [0.15, 0.2) is 0 Å². The quantitative estimate of drug-likeness (QED) is 0.648. The number of nitrogens with zero attached hydrogens (tertiary/aromatic N) is 1. The van der Waals surface area contributed by atoms with Gasteiger partial charge in [0.05, 0.1) is 10.5 Å². The van der Waals surface area contributed by atoms with Gasteiger partial charge in [0.25, 0.3) is 11.6 Å². The van der Waals surface area contributed by atoms with Crippen LogP contribution in [-0.4, -0.2) is 22.9 Å². The number of benzene rings is 1. The number of nitrogens with one attached hydrogen (secondary N) is 1. The summed E-state index contributed by atoms with van der Waals surface area (Å²) in [6.07, 6.45) is 3.91. The van der Waals surface area contributed by atoms with Gasteiger partial charge in [-0.3, -0.25) is 14.9 Å². The molecule has 0 radical (unpaired) electrons. The fourth-order valence-corrected chi connectivity index (χ4v) is 2.75. The van der Waals surface area contributed by atoms with Crippen LogP contribution in [-0.2, 0) is 0 Å². The van der Waals surface area contributed by atoms with Crippen LogP contribution in [0.25, 0.3) is 0 Å². The molecular weight excluding hydrogens is 258 g/mol. The molecule has 0 saturated heterocycles. The van der Waals surface area contributed by atoms with E-state index in [2.05, 4.69) is 5.32 Å². The second kappa shape index (κ2) is 5.58. The molecule has 2 rings (SSSR count). The molecule has 20 heavy (non-hydrogen) atoms. The normalized spacial score (nSPS) is 16.9. The summed E-state index contributed by atoms with van der Waals surface area (Å²) in [7, 11) is 0. The van der Waals surface area contributed by atoms with Gasteiger partial charge < -0.3 is 11.1 Å². The van der Waals surface area contributed by atoms with E-state index in [-0.39, 0.29) is 17.1 Å². The predicted octanol–water partition coefficient (Wildman–Crippen LogP) is 1.90. The molecule has 0 aliphatic heterocycles. The fourth-order valence-electron chi connectivity index (χ4n) is 2.75. The number of amides is 1. The first-order chi connectivity index (χ1) is 9.47. The molecule has 3 N–H and O–H groups in total. The van der Waals surface area contributed by atoms with Crippen molar-refractivity contribution in [3.63, 3.8) is 0 Å². The maximum absolute atomic E-state index is 12.3. The van der Waals surface area contributed by atoms with E-state index in [1.165, 1.54) is 12.1 Å². The Kier molecular flexibility index (Phi) is 4.04. The largest absolute Gasteiger partial charge is 0.345 e. The lowest BCUT2D eigenvalue weighted by Gasteiger charge is -2.28. The molecule has 1 aromatic carbocycles. The Morgan fingerprint density at radius 3 is 2.60 bits per heavy atom. The number of hydrogen-bond donors (Lipinski definition) is 2. The summed E-state index contributed by atoms with van der Waals surface area (Å²) in [5.74, 6) is -0.213. The second-order valence-corrected chi connectivity index (χ2v) is 5.40. The molecule has 6 nitrogen and oxygen atoms in total. The maximum Gasteiger partial charge on any atom is 0.272 e. The number of carbonyl (C=O) groups excluding carboxylic acids is 1. The molecule has 0 spiro atoms. The predicted molar refractivity (Wildman–Crippen MR) is 75.6 cm³/mol. The average Bonchev–Trinajstić information content (AvgIpc) is 2.87. The fraction of sp³-hybridized carbons (Fsp3) is 0.500. The Bertz CT molecular complexity index is 536. The van der Waals surface area contributed by atoms with Crippen molar-refractivity contribution in [1.82, 2.24) is 5.32 Å². The van der Waals surface area contributed by atoms with Crippen molar-refractivity contribution in [2.75, 3.05) is 6.54 Å². The van der Waals surface area contributed by atoms with Gasteiger partial charge >= 0.3 is 0 Å². The summed E-state index contributed by atoms with van der Waals surface area (Å²) in [4.78, 5) is 22.6. The molecule has 0 aromatic heterocycles. The lowest BCUT2D eigenvalue weighted by molar-refractivity contribution is -0.385. The van der Waals surface area contributed by atoms with Crippen LogP contribution in [0.2, 0.25) is 0 Å². The SMILES string of the molecule is Cc1cc(C(=O)NC2(CN)CCCC2)ccc1[N+](=O)[O-]. The first-order valence-electron chi connectivity index (χ1n) is 6.75. The zero-order chi connectivity index (χ0) is 14.8. The van der Waals surface area contributed by atoms with Crippen molar-refractivity contribution < 1.29 is 9.72 Å². The Morgan fingerprint density at radius 1 is 1.45 bits per heavy atom. The van der Waals surface area contributed by atoms with Crippen molar-refractivity contribution in [1.29, 1.82) is 0 Å². The van der Waals surface area contributed by atoms with Crippen LogP contribution in [0, 0.1) is 17.0 Å². The molecule has 1 saturated carbocycles. The van der Waals surface area contributed by atoms with E-state index in [4.69, 9.17) is 5.73 Å². The molecule has 1 aromatic rings. The molecule has 6 heteroatoms. The van der Waals surface area contributed by atoms with Crippen molar-refractivity contribution in [3.05, 3.63) is 39.4 Å². The van der Waals surface area contributed by atoms with E-state index in [1.807, 2.05) is 0 Å². The van der Waals surface area contributed by atoms with Crippen molar-refractivity contribution >= 4 is 11.6 Å². The Labute approximate surface area is 117 Å². The van der Waals surface area contributed by atoms with Gasteiger partial charge in [-0.1, -0.05) is 12.8 Å². The van der Waals surface area contributed by atoms with Crippen LogP contribution in [0.15, 0.2) is 18.2 Å². The molecule has 1 aliphatic carbocycles.